The molecule has 30 heavy (non-hydrogen) atoms. The fourth-order valence-electron chi connectivity index (χ4n) is 2.91. The molecule has 2 atom stereocenters. The first-order chi connectivity index (χ1) is 14.4. The molecule has 1 saturated heterocycles. The number of anilines is 2. The van der Waals surface area contributed by atoms with Crippen LogP contribution in [-0.4, -0.2) is 50.4 Å². The van der Waals surface area contributed by atoms with E-state index in [0.717, 1.165) is 18.8 Å². The predicted molar refractivity (Wildman–Crippen MR) is 115 cm³/mol. The minimum Gasteiger partial charge on any atom is -0.479 e. The van der Waals surface area contributed by atoms with E-state index >= 15 is 0 Å². The highest BCUT2D eigenvalue weighted by Crippen LogP contribution is 2.20. The summed E-state index contributed by atoms with van der Waals surface area (Å²) in [6, 6.07) is 14.2. The highest BCUT2D eigenvalue weighted by molar-refractivity contribution is 6.30. The van der Waals surface area contributed by atoms with Crippen molar-refractivity contribution in [1.82, 2.24) is 0 Å². The van der Waals surface area contributed by atoms with Crippen molar-refractivity contribution in [2.24, 2.45) is 0 Å². The van der Waals surface area contributed by atoms with Crippen LogP contribution in [0.4, 0.5) is 11.4 Å². The zero-order valence-electron chi connectivity index (χ0n) is 17.0. The van der Waals surface area contributed by atoms with Gasteiger partial charge in [0.15, 0.2) is 12.2 Å². The first kappa shape index (κ1) is 21.9. The van der Waals surface area contributed by atoms with Gasteiger partial charge in [-0.2, -0.15) is 0 Å². The summed E-state index contributed by atoms with van der Waals surface area (Å²) in [6.07, 6.45) is -1.83. The minimum atomic E-state index is -0.965. The monoisotopic (exact) mass is 432 g/mol. The van der Waals surface area contributed by atoms with Gasteiger partial charge in [-0.25, -0.2) is 4.79 Å². The Morgan fingerprint density at radius 3 is 2.27 bits per heavy atom. The summed E-state index contributed by atoms with van der Waals surface area (Å²) < 4.78 is 16.1. The van der Waals surface area contributed by atoms with Crippen LogP contribution >= 0.6 is 11.6 Å². The highest BCUT2D eigenvalue weighted by atomic mass is 35.5. The summed E-state index contributed by atoms with van der Waals surface area (Å²) >= 11 is 5.83. The molecule has 0 bridgehead atoms. The number of nitrogens with one attached hydrogen (secondary N) is 1. The van der Waals surface area contributed by atoms with Crippen LogP contribution in [0, 0.1) is 0 Å². The van der Waals surface area contributed by atoms with E-state index in [4.69, 9.17) is 25.8 Å². The molecule has 1 amide bonds. The van der Waals surface area contributed by atoms with Crippen molar-refractivity contribution >= 4 is 34.9 Å². The number of halogens is 1. The van der Waals surface area contributed by atoms with E-state index in [2.05, 4.69) is 10.2 Å². The van der Waals surface area contributed by atoms with Gasteiger partial charge in [0.05, 0.1) is 13.2 Å². The van der Waals surface area contributed by atoms with Gasteiger partial charge in [0.1, 0.15) is 5.75 Å². The Labute approximate surface area is 180 Å². The average molecular weight is 433 g/mol. The number of morpholine rings is 1. The quantitative estimate of drug-likeness (QED) is 0.674. The zero-order chi connectivity index (χ0) is 21.5. The summed E-state index contributed by atoms with van der Waals surface area (Å²) in [4.78, 5) is 26.8. The van der Waals surface area contributed by atoms with Crippen molar-refractivity contribution in [2.45, 2.75) is 26.1 Å². The Bertz CT molecular complexity index is 851. The molecule has 8 heteroatoms. The Balaban J connectivity index is 1.48. The van der Waals surface area contributed by atoms with Gasteiger partial charge in [0, 0.05) is 29.5 Å². The number of hydrogen-bond acceptors (Lipinski definition) is 6. The molecular formula is C22H25ClN2O5. The molecule has 160 valence electrons. The Morgan fingerprint density at radius 1 is 1.00 bits per heavy atom. The van der Waals surface area contributed by atoms with E-state index in [1.807, 2.05) is 24.3 Å². The summed E-state index contributed by atoms with van der Waals surface area (Å²) in [5.41, 5.74) is 1.70. The SMILES string of the molecule is C[C@@H](OC(=O)[C@@H](C)Oc1ccc(Cl)cc1)C(=O)Nc1ccc(N2CCOCC2)cc1. The second-order valence-electron chi connectivity index (χ2n) is 6.93. The normalized spacial score (nSPS) is 15.8. The van der Waals surface area contributed by atoms with Crippen LogP contribution in [0.25, 0.3) is 0 Å². The molecule has 1 aliphatic heterocycles. The van der Waals surface area contributed by atoms with Crippen LogP contribution in [0.5, 0.6) is 5.75 Å². The van der Waals surface area contributed by atoms with Crippen LogP contribution in [0.3, 0.4) is 0 Å². The Morgan fingerprint density at radius 2 is 1.63 bits per heavy atom. The highest BCUT2D eigenvalue weighted by Gasteiger charge is 2.23. The maximum Gasteiger partial charge on any atom is 0.347 e. The lowest BCUT2D eigenvalue weighted by Gasteiger charge is -2.29. The van der Waals surface area contributed by atoms with Crippen LogP contribution in [0.1, 0.15) is 13.8 Å². The molecule has 2 aromatic carbocycles. The lowest BCUT2D eigenvalue weighted by atomic mass is 10.2. The van der Waals surface area contributed by atoms with Gasteiger partial charge in [-0.15, -0.1) is 0 Å². The van der Waals surface area contributed by atoms with Crippen LogP contribution in [-0.2, 0) is 19.1 Å². The van der Waals surface area contributed by atoms with Gasteiger partial charge >= 0.3 is 5.97 Å². The maximum atomic E-state index is 12.4. The van der Waals surface area contributed by atoms with Crippen LogP contribution in [0.2, 0.25) is 5.02 Å². The number of nitrogens with zero attached hydrogens (tertiary/aromatic N) is 1. The molecule has 1 heterocycles. The van der Waals surface area contributed by atoms with E-state index in [0.29, 0.717) is 29.7 Å². The molecule has 3 rings (SSSR count). The molecule has 0 aromatic heterocycles. The van der Waals surface area contributed by atoms with E-state index in [1.54, 1.807) is 31.2 Å². The first-order valence-electron chi connectivity index (χ1n) is 9.79. The molecule has 0 spiro atoms. The minimum absolute atomic E-state index is 0.416. The number of hydrogen-bond donors (Lipinski definition) is 1. The number of rotatable bonds is 7. The predicted octanol–water partition coefficient (Wildman–Crippen LogP) is 3.51. The average Bonchev–Trinajstić information content (AvgIpc) is 2.76. The Hall–Kier alpha value is -2.77. The standard InChI is InChI=1S/C22H25ClN2O5/c1-15(30-22(27)16(2)29-20-9-3-17(23)4-10-20)21(26)24-18-5-7-19(8-6-18)25-11-13-28-14-12-25/h3-10,15-16H,11-14H2,1-2H3,(H,24,26)/t15-,16-/m1/s1. The lowest BCUT2D eigenvalue weighted by molar-refractivity contribution is -0.159. The number of esters is 1. The molecule has 2 aromatic rings. The zero-order valence-corrected chi connectivity index (χ0v) is 17.7. The van der Waals surface area contributed by atoms with Crippen LogP contribution < -0.4 is 15.0 Å². The number of ether oxygens (including phenoxy) is 3. The molecule has 1 aliphatic rings. The summed E-state index contributed by atoms with van der Waals surface area (Å²) in [5, 5.41) is 3.33. The second kappa shape index (κ2) is 10.3. The van der Waals surface area contributed by atoms with Crippen molar-refractivity contribution in [3.63, 3.8) is 0 Å². The first-order valence-corrected chi connectivity index (χ1v) is 10.2. The molecule has 0 aliphatic carbocycles. The van der Waals surface area contributed by atoms with Crippen molar-refractivity contribution < 1.29 is 23.8 Å². The van der Waals surface area contributed by atoms with Gasteiger partial charge in [-0.05, 0) is 62.4 Å². The largest absolute Gasteiger partial charge is 0.479 e. The molecule has 0 unspecified atom stereocenters. The van der Waals surface area contributed by atoms with Crippen molar-refractivity contribution in [1.29, 1.82) is 0 Å². The van der Waals surface area contributed by atoms with E-state index in [9.17, 15) is 9.59 Å². The Kier molecular flexibility index (Phi) is 7.54. The van der Waals surface area contributed by atoms with Crippen molar-refractivity contribution in [2.75, 3.05) is 36.5 Å². The lowest BCUT2D eigenvalue weighted by Crippen LogP contribution is -2.36. The fraction of sp³-hybridized carbons (Fsp3) is 0.364. The molecule has 0 radical (unpaired) electrons. The van der Waals surface area contributed by atoms with Crippen molar-refractivity contribution in [3.05, 3.63) is 53.6 Å². The van der Waals surface area contributed by atoms with Gasteiger partial charge in [-0.1, -0.05) is 11.6 Å². The molecule has 1 N–H and O–H groups in total. The molecule has 0 saturated carbocycles. The van der Waals surface area contributed by atoms with E-state index in [1.165, 1.54) is 6.92 Å². The number of benzene rings is 2. The maximum absolute atomic E-state index is 12.4. The van der Waals surface area contributed by atoms with Crippen molar-refractivity contribution in [3.8, 4) is 5.75 Å². The molecule has 7 nitrogen and oxygen atoms in total. The third-order valence-corrected chi connectivity index (χ3v) is 4.88. The third kappa shape index (κ3) is 6.11. The summed E-state index contributed by atoms with van der Waals surface area (Å²) in [6.45, 7) is 6.18. The second-order valence-corrected chi connectivity index (χ2v) is 7.37. The third-order valence-electron chi connectivity index (χ3n) is 4.63. The molecule has 1 fully saturated rings. The van der Waals surface area contributed by atoms with Gasteiger partial charge in [0.2, 0.25) is 0 Å². The van der Waals surface area contributed by atoms with E-state index < -0.39 is 24.1 Å². The number of carbonyl (C=O) groups excluding carboxylic acids is 2. The smallest absolute Gasteiger partial charge is 0.347 e. The van der Waals surface area contributed by atoms with E-state index in [-0.39, 0.29) is 0 Å². The van der Waals surface area contributed by atoms with Gasteiger partial charge < -0.3 is 24.4 Å². The van der Waals surface area contributed by atoms with Gasteiger partial charge in [0.25, 0.3) is 5.91 Å². The summed E-state index contributed by atoms with van der Waals surface area (Å²) in [7, 11) is 0. The number of amides is 1. The van der Waals surface area contributed by atoms with Crippen LogP contribution in [0.15, 0.2) is 48.5 Å². The fourth-order valence-corrected chi connectivity index (χ4v) is 3.04. The topological polar surface area (TPSA) is 77.1 Å². The summed E-state index contributed by atoms with van der Waals surface area (Å²) in [5.74, 6) is -0.558. The van der Waals surface area contributed by atoms with Gasteiger partial charge in [-0.3, -0.25) is 4.79 Å². The number of carbonyl (C=O) groups is 2. The molecular weight excluding hydrogens is 408 g/mol.